The van der Waals surface area contributed by atoms with E-state index in [1.807, 2.05) is 30.3 Å². The second kappa shape index (κ2) is 11.0. The van der Waals surface area contributed by atoms with Gasteiger partial charge in [-0.25, -0.2) is 0 Å². The Balaban J connectivity index is 1.35. The first-order valence-electron chi connectivity index (χ1n) is 10.2. The number of para-hydroxylation sites is 1. The molecule has 0 aromatic heterocycles. The molecule has 0 radical (unpaired) electrons. The highest BCUT2D eigenvalue weighted by Crippen LogP contribution is 2.24. The summed E-state index contributed by atoms with van der Waals surface area (Å²) >= 11 is 0. The molecule has 7 heteroatoms. The number of carbonyl (C=O) groups is 3. The predicted molar refractivity (Wildman–Crippen MR) is 112 cm³/mol. The van der Waals surface area contributed by atoms with Gasteiger partial charge in [0.25, 0.3) is 5.91 Å². The fraction of sp³-hybridized carbons (Fsp3) is 0.348. The van der Waals surface area contributed by atoms with Crippen LogP contribution in [0.15, 0.2) is 54.6 Å². The third-order valence-electron chi connectivity index (χ3n) is 4.86. The van der Waals surface area contributed by atoms with Gasteiger partial charge in [-0.15, -0.1) is 0 Å². The molecule has 0 aliphatic heterocycles. The van der Waals surface area contributed by atoms with Gasteiger partial charge < -0.3 is 20.1 Å². The SMILES string of the molecule is O=C(COC(=O)CNC(=O)C1CCCCC1)Nc1ccc(Oc2ccccc2)cc1. The van der Waals surface area contributed by atoms with Gasteiger partial charge in [0.15, 0.2) is 6.61 Å². The lowest BCUT2D eigenvalue weighted by molar-refractivity contribution is -0.147. The number of ether oxygens (including phenoxy) is 2. The third-order valence-corrected chi connectivity index (χ3v) is 4.86. The lowest BCUT2D eigenvalue weighted by Gasteiger charge is -2.20. The Hall–Kier alpha value is -3.35. The first-order valence-corrected chi connectivity index (χ1v) is 10.2. The molecule has 1 aliphatic rings. The predicted octanol–water partition coefficient (Wildman–Crippen LogP) is 3.66. The number of carbonyl (C=O) groups excluding carboxylic acids is 3. The third kappa shape index (κ3) is 6.92. The standard InChI is InChI=1S/C23H26N2O5/c26-21(16-29-22(27)15-24-23(28)17-7-3-1-4-8-17)25-18-11-13-20(14-12-18)30-19-9-5-2-6-10-19/h2,5-6,9-14,17H,1,3-4,7-8,15-16H2,(H,24,28)(H,25,26). The van der Waals surface area contributed by atoms with E-state index in [1.54, 1.807) is 24.3 Å². The van der Waals surface area contributed by atoms with Crippen molar-refractivity contribution in [3.05, 3.63) is 54.6 Å². The highest BCUT2D eigenvalue weighted by Gasteiger charge is 2.21. The highest BCUT2D eigenvalue weighted by molar-refractivity contribution is 5.93. The minimum Gasteiger partial charge on any atom is -0.457 e. The average molecular weight is 410 g/mol. The fourth-order valence-corrected chi connectivity index (χ4v) is 3.29. The molecule has 0 spiro atoms. The minimum absolute atomic E-state index is 0.0244. The summed E-state index contributed by atoms with van der Waals surface area (Å²) in [5, 5.41) is 5.24. The van der Waals surface area contributed by atoms with E-state index < -0.39 is 18.5 Å². The maximum atomic E-state index is 12.0. The number of hydrogen-bond acceptors (Lipinski definition) is 5. The Morgan fingerprint density at radius 3 is 2.23 bits per heavy atom. The van der Waals surface area contributed by atoms with Crippen molar-refractivity contribution in [1.29, 1.82) is 0 Å². The second-order valence-corrected chi connectivity index (χ2v) is 7.20. The summed E-state index contributed by atoms with van der Waals surface area (Å²) in [7, 11) is 0. The van der Waals surface area contributed by atoms with Crippen LogP contribution in [0.5, 0.6) is 11.5 Å². The molecule has 1 fully saturated rings. The molecular formula is C23H26N2O5. The van der Waals surface area contributed by atoms with Gasteiger partial charge in [0.1, 0.15) is 18.0 Å². The first-order chi connectivity index (χ1) is 14.6. The van der Waals surface area contributed by atoms with Crippen molar-refractivity contribution in [2.75, 3.05) is 18.5 Å². The summed E-state index contributed by atoms with van der Waals surface area (Å²) in [6, 6.07) is 16.2. The summed E-state index contributed by atoms with van der Waals surface area (Å²) in [6.45, 7) is -0.644. The molecular weight excluding hydrogens is 384 g/mol. The van der Waals surface area contributed by atoms with E-state index >= 15 is 0 Å². The van der Waals surface area contributed by atoms with E-state index in [1.165, 1.54) is 0 Å². The van der Waals surface area contributed by atoms with Crippen LogP contribution < -0.4 is 15.4 Å². The van der Waals surface area contributed by atoms with Crippen molar-refractivity contribution in [2.45, 2.75) is 32.1 Å². The van der Waals surface area contributed by atoms with E-state index in [0.29, 0.717) is 11.4 Å². The quantitative estimate of drug-likeness (QED) is 0.648. The number of nitrogens with one attached hydrogen (secondary N) is 2. The highest BCUT2D eigenvalue weighted by atomic mass is 16.5. The second-order valence-electron chi connectivity index (χ2n) is 7.20. The van der Waals surface area contributed by atoms with Crippen molar-refractivity contribution in [3.63, 3.8) is 0 Å². The van der Waals surface area contributed by atoms with Gasteiger partial charge >= 0.3 is 5.97 Å². The van der Waals surface area contributed by atoms with Gasteiger partial charge in [0.05, 0.1) is 0 Å². The van der Waals surface area contributed by atoms with E-state index in [2.05, 4.69) is 10.6 Å². The van der Waals surface area contributed by atoms with Crippen LogP contribution in [0.4, 0.5) is 5.69 Å². The molecule has 7 nitrogen and oxygen atoms in total. The zero-order valence-corrected chi connectivity index (χ0v) is 16.8. The number of esters is 1. The summed E-state index contributed by atoms with van der Waals surface area (Å²) < 4.78 is 10.6. The molecule has 0 atom stereocenters. The Bertz CT molecular complexity index is 846. The molecule has 2 N–H and O–H groups in total. The van der Waals surface area contributed by atoms with Crippen molar-refractivity contribution < 1.29 is 23.9 Å². The average Bonchev–Trinajstić information content (AvgIpc) is 2.78. The van der Waals surface area contributed by atoms with Crippen LogP contribution in [-0.4, -0.2) is 30.9 Å². The topological polar surface area (TPSA) is 93.7 Å². The maximum Gasteiger partial charge on any atom is 0.325 e. The van der Waals surface area contributed by atoms with E-state index in [9.17, 15) is 14.4 Å². The van der Waals surface area contributed by atoms with Gasteiger partial charge in [-0.05, 0) is 49.2 Å². The smallest absolute Gasteiger partial charge is 0.325 e. The maximum absolute atomic E-state index is 12.0. The van der Waals surface area contributed by atoms with Crippen LogP contribution in [0.25, 0.3) is 0 Å². The van der Waals surface area contributed by atoms with Crippen LogP contribution in [-0.2, 0) is 19.1 Å². The number of benzene rings is 2. The molecule has 2 aromatic carbocycles. The molecule has 2 amide bonds. The van der Waals surface area contributed by atoms with E-state index in [4.69, 9.17) is 9.47 Å². The lowest BCUT2D eigenvalue weighted by Crippen LogP contribution is -2.36. The summed E-state index contributed by atoms with van der Waals surface area (Å²) in [6.07, 6.45) is 4.96. The molecule has 1 aliphatic carbocycles. The molecule has 0 heterocycles. The van der Waals surface area contributed by atoms with E-state index in [0.717, 1.165) is 37.9 Å². The molecule has 30 heavy (non-hydrogen) atoms. The number of hydrogen-bond donors (Lipinski definition) is 2. The van der Waals surface area contributed by atoms with Crippen molar-refractivity contribution >= 4 is 23.5 Å². The van der Waals surface area contributed by atoms with Crippen molar-refractivity contribution in [2.24, 2.45) is 5.92 Å². The Morgan fingerprint density at radius 2 is 1.53 bits per heavy atom. The van der Waals surface area contributed by atoms with Crippen LogP contribution in [0.1, 0.15) is 32.1 Å². The molecule has 0 bridgehead atoms. The van der Waals surface area contributed by atoms with E-state index in [-0.39, 0.29) is 18.4 Å². The number of rotatable bonds is 8. The molecule has 2 aromatic rings. The van der Waals surface area contributed by atoms with Gasteiger partial charge in [-0.3, -0.25) is 14.4 Å². The number of amides is 2. The number of anilines is 1. The van der Waals surface area contributed by atoms with Crippen molar-refractivity contribution in [3.8, 4) is 11.5 Å². The van der Waals surface area contributed by atoms with Crippen LogP contribution in [0.2, 0.25) is 0 Å². The molecule has 0 unspecified atom stereocenters. The molecule has 0 saturated heterocycles. The summed E-state index contributed by atoms with van der Waals surface area (Å²) in [5.74, 6) is 0.119. The molecule has 158 valence electrons. The monoisotopic (exact) mass is 410 g/mol. The largest absolute Gasteiger partial charge is 0.457 e. The normalized spacial score (nSPS) is 13.9. The molecule has 3 rings (SSSR count). The Kier molecular flexibility index (Phi) is 7.83. The van der Waals surface area contributed by atoms with Crippen LogP contribution >= 0.6 is 0 Å². The lowest BCUT2D eigenvalue weighted by atomic mass is 9.89. The Morgan fingerprint density at radius 1 is 0.867 bits per heavy atom. The fourth-order valence-electron chi connectivity index (χ4n) is 3.29. The van der Waals surface area contributed by atoms with Gasteiger partial charge in [-0.2, -0.15) is 0 Å². The van der Waals surface area contributed by atoms with Gasteiger partial charge in [0.2, 0.25) is 5.91 Å². The summed E-state index contributed by atoms with van der Waals surface area (Å²) in [4.78, 5) is 35.8. The van der Waals surface area contributed by atoms with Crippen molar-refractivity contribution in [1.82, 2.24) is 5.32 Å². The van der Waals surface area contributed by atoms with Gasteiger partial charge in [0, 0.05) is 11.6 Å². The van der Waals surface area contributed by atoms with Crippen LogP contribution in [0.3, 0.4) is 0 Å². The summed E-state index contributed by atoms with van der Waals surface area (Å²) in [5.41, 5.74) is 0.557. The molecule has 1 saturated carbocycles. The first kappa shape index (κ1) is 21.4. The van der Waals surface area contributed by atoms with Gasteiger partial charge in [-0.1, -0.05) is 37.5 Å². The minimum atomic E-state index is -0.638. The zero-order chi connectivity index (χ0) is 21.2. The van der Waals surface area contributed by atoms with Crippen LogP contribution in [0, 0.1) is 5.92 Å². The Labute approximate surface area is 175 Å². The zero-order valence-electron chi connectivity index (χ0n) is 16.8.